The molecule has 9 heavy (non-hydrogen) atoms. The van der Waals surface area contributed by atoms with Crippen LogP contribution in [0.1, 0.15) is 13.3 Å². The van der Waals surface area contributed by atoms with Gasteiger partial charge in [0.15, 0.2) is 4.50 Å². The lowest BCUT2D eigenvalue weighted by molar-refractivity contribution is 0.662. The minimum Gasteiger partial charge on any atom is -0.243 e. The van der Waals surface area contributed by atoms with Crippen molar-refractivity contribution < 1.29 is 0 Å². The number of halogens is 2. The molecule has 1 heterocycles. The molecule has 4 heteroatoms. The van der Waals surface area contributed by atoms with Crippen molar-refractivity contribution in [3.8, 4) is 0 Å². The summed E-state index contributed by atoms with van der Waals surface area (Å²) in [5, 5.41) is 0. The summed E-state index contributed by atoms with van der Waals surface area (Å²) in [5.41, 5.74) is 0. The van der Waals surface area contributed by atoms with Crippen molar-refractivity contribution in [3.05, 3.63) is 0 Å². The monoisotopic (exact) mass is 183 g/mol. The standard InChI is InChI=1S/C5H7Cl2NS/c1-2-5(7)3-9-4(6)8-5/h2-3H2,1H3. The van der Waals surface area contributed by atoms with Gasteiger partial charge in [-0.15, -0.1) is 0 Å². The molecule has 0 N–H and O–H groups in total. The van der Waals surface area contributed by atoms with Crippen LogP contribution in [0.25, 0.3) is 0 Å². The summed E-state index contributed by atoms with van der Waals surface area (Å²) in [7, 11) is 0. The predicted octanol–water partition coefficient (Wildman–Crippen LogP) is 2.67. The smallest absolute Gasteiger partial charge is 0.160 e. The Bertz CT molecular complexity index is 148. The van der Waals surface area contributed by atoms with E-state index in [1.54, 1.807) is 0 Å². The van der Waals surface area contributed by atoms with E-state index in [1.165, 1.54) is 11.8 Å². The van der Waals surface area contributed by atoms with Gasteiger partial charge in [0.05, 0.1) is 0 Å². The van der Waals surface area contributed by atoms with Crippen LogP contribution in [0.15, 0.2) is 4.99 Å². The highest BCUT2D eigenvalue weighted by Crippen LogP contribution is 2.35. The molecule has 0 bridgehead atoms. The molecule has 0 saturated carbocycles. The van der Waals surface area contributed by atoms with Crippen molar-refractivity contribution in [2.45, 2.75) is 18.3 Å². The van der Waals surface area contributed by atoms with Crippen LogP contribution in [-0.2, 0) is 0 Å². The van der Waals surface area contributed by atoms with Gasteiger partial charge < -0.3 is 0 Å². The van der Waals surface area contributed by atoms with E-state index in [0.29, 0.717) is 4.50 Å². The van der Waals surface area contributed by atoms with E-state index >= 15 is 0 Å². The Kier molecular flexibility index (Phi) is 2.30. The average Bonchev–Trinajstić information content (AvgIpc) is 2.13. The Morgan fingerprint density at radius 1 is 1.89 bits per heavy atom. The van der Waals surface area contributed by atoms with Crippen LogP contribution < -0.4 is 0 Å². The number of alkyl halides is 1. The van der Waals surface area contributed by atoms with Crippen LogP contribution in [0, 0.1) is 0 Å². The number of hydrogen-bond donors (Lipinski definition) is 0. The van der Waals surface area contributed by atoms with Crippen molar-refractivity contribution in [1.82, 2.24) is 0 Å². The summed E-state index contributed by atoms with van der Waals surface area (Å²) in [5.74, 6) is 0.809. The Hall–Kier alpha value is 0.600. The fourth-order valence-electron chi connectivity index (χ4n) is 0.573. The molecule has 1 nitrogen and oxygen atoms in total. The number of aliphatic imine (C=N–C) groups is 1. The second-order valence-corrected chi connectivity index (χ2v) is 4.17. The summed E-state index contributed by atoms with van der Waals surface area (Å²) in [6.45, 7) is 2.01. The number of nitrogens with zero attached hydrogens (tertiary/aromatic N) is 1. The van der Waals surface area contributed by atoms with Crippen molar-refractivity contribution in [2.75, 3.05) is 5.75 Å². The van der Waals surface area contributed by atoms with Gasteiger partial charge in [-0.05, 0) is 6.42 Å². The molecule has 1 unspecified atom stereocenters. The molecule has 0 aromatic heterocycles. The van der Waals surface area contributed by atoms with Gasteiger partial charge in [0.2, 0.25) is 0 Å². The molecule has 0 aromatic carbocycles. The Labute approximate surface area is 68.8 Å². The third-order valence-corrected chi connectivity index (χ3v) is 3.25. The zero-order valence-corrected chi connectivity index (χ0v) is 7.35. The van der Waals surface area contributed by atoms with E-state index in [-0.39, 0.29) is 0 Å². The minimum absolute atomic E-state index is 0.401. The molecule has 0 fully saturated rings. The molecule has 1 rings (SSSR count). The first-order valence-electron chi connectivity index (χ1n) is 2.73. The van der Waals surface area contributed by atoms with E-state index in [0.717, 1.165) is 12.2 Å². The first-order valence-corrected chi connectivity index (χ1v) is 4.47. The molecule has 0 amide bonds. The van der Waals surface area contributed by atoms with Crippen molar-refractivity contribution in [2.24, 2.45) is 4.99 Å². The molecular formula is C5H7Cl2NS. The Morgan fingerprint density at radius 2 is 2.56 bits per heavy atom. The average molecular weight is 184 g/mol. The quantitative estimate of drug-likeness (QED) is 0.450. The van der Waals surface area contributed by atoms with Gasteiger partial charge in [0.25, 0.3) is 0 Å². The fraction of sp³-hybridized carbons (Fsp3) is 0.800. The van der Waals surface area contributed by atoms with Crippen LogP contribution in [0.4, 0.5) is 0 Å². The predicted molar refractivity (Wildman–Crippen MR) is 44.6 cm³/mol. The molecule has 0 aromatic rings. The van der Waals surface area contributed by atoms with Crippen molar-refractivity contribution in [1.29, 1.82) is 0 Å². The highest BCUT2D eigenvalue weighted by atomic mass is 35.5. The molecule has 0 radical (unpaired) electrons. The minimum atomic E-state index is -0.401. The summed E-state index contributed by atoms with van der Waals surface area (Å²) < 4.78 is 0.590. The molecule has 0 aliphatic carbocycles. The van der Waals surface area contributed by atoms with Crippen LogP contribution in [-0.4, -0.2) is 15.3 Å². The van der Waals surface area contributed by atoms with Gasteiger partial charge in [-0.1, -0.05) is 41.9 Å². The highest BCUT2D eigenvalue weighted by molar-refractivity contribution is 8.17. The summed E-state index contributed by atoms with van der Waals surface area (Å²) in [6.07, 6.45) is 0.845. The Morgan fingerprint density at radius 3 is 2.78 bits per heavy atom. The van der Waals surface area contributed by atoms with E-state index in [2.05, 4.69) is 4.99 Å². The first kappa shape index (κ1) is 7.70. The van der Waals surface area contributed by atoms with Gasteiger partial charge in [-0.25, -0.2) is 4.99 Å². The lowest BCUT2D eigenvalue weighted by atomic mass is 10.3. The summed E-state index contributed by atoms with van der Waals surface area (Å²) in [6, 6.07) is 0. The van der Waals surface area contributed by atoms with Crippen molar-refractivity contribution in [3.63, 3.8) is 0 Å². The zero-order chi connectivity index (χ0) is 6.91. The molecule has 0 spiro atoms. The van der Waals surface area contributed by atoms with Gasteiger partial charge in [-0.3, -0.25) is 0 Å². The van der Waals surface area contributed by atoms with E-state index < -0.39 is 5.00 Å². The molecule has 1 aliphatic heterocycles. The summed E-state index contributed by atoms with van der Waals surface area (Å²) >= 11 is 13.1. The molecule has 0 saturated heterocycles. The van der Waals surface area contributed by atoms with E-state index in [9.17, 15) is 0 Å². The molecule has 1 atom stereocenters. The normalized spacial score (nSPS) is 34.8. The van der Waals surface area contributed by atoms with Gasteiger partial charge in [0, 0.05) is 5.75 Å². The van der Waals surface area contributed by atoms with Gasteiger partial charge >= 0.3 is 0 Å². The van der Waals surface area contributed by atoms with Crippen LogP contribution in [0.5, 0.6) is 0 Å². The lowest BCUT2D eigenvalue weighted by Crippen LogP contribution is -2.15. The maximum absolute atomic E-state index is 5.96. The van der Waals surface area contributed by atoms with E-state index in [1.807, 2.05) is 6.92 Å². The highest BCUT2D eigenvalue weighted by Gasteiger charge is 2.30. The maximum atomic E-state index is 5.96. The number of rotatable bonds is 1. The van der Waals surface area contributed by atoms with Crippen LogP contribution >= 0.6 is 35.0 Å². The number of thioether (sulfide) groups is 1. The largest absolute Gasteiger partial charge is 0.243 e. The van der Waals surface area contributed by atoms with Crippen molar-refractivity contribution >= 4 is 39.5 Å². The SMILES string of the molecule is CCC1(Cl)CSC(Cl)=N1. The second kappa shape index (κ2) is 2.69. The first-order chi connectivity index (χ1) is 4.16. The number of hydrogen-bond acceptors (Lipinski definition) is 2. The van der Waals surface area contributed by atoms with Gasteiger partial charge in [0.1, 0.15) is 5.00 Å². The topological polar surface area (TPSA) is 12.4 Å². The molecular weight excluding hydrogens is 177 g/mol. The fourth-order valence-corrected chi connectivity index (χ4v) is 2.09. The zero-order valence-electron chi connectivity index (χ0n) is 5.03. The van der Waals surface area contributed by atoms with Gasteiger partial charge in [-0.2, -0.15) is 0 Å². The lowest BCUT2D eigenvalue weighted by Gasteiger charge is -2.11. The van der Waals surface area contributed by atoms with Crippen LogP contribution in [0.3, 0.4) is 0 Å². The Balaban J connectivity index is 2.64. The molecule has 52 valence electrons. The maximum Gasteiger partial charge on any atom is 0.160 e. The van der Waals surface area contributed by atoms with Crippen LogP contribution in [0.2, 0.25) is 0 Å². The second-order valence-electron chi connectivity index (χ2n) is 1.92. The van der Waals surface area contributed by atoms with E-state index in [4.69, 9.17) is 23.2 Å². The third-order valence-electron chi connectivity index (χ3n) is 1.24. The third kappa shape index (κ3) is 1.76. The molecule has 1 aliphatic rings. The summed E-state index contributed by atoms with van der Waals surface area (Å²) in [4.78, 5) is 3.65.